The van der Waals surface area contributed by atoms with Gasteiger partial charge in [-0.3, -0.25) is 9.78 Å². The molecule has 0 aliphatic heterocycles. The number of aromatic nitrogens is 2. The van der Waals surface area contributed by atoms with E-state index < -0.39 is 15.8 Å². The van der Waals surface area contributed by atoms with Crippen molar-refractivity contribution in [2.24, 2.45) is 0 Å². The van der Waals surface area contributed by atoms with Crippen LogP contribution in [0.4, 0.5) is 4.39 Å². The van der Waals surface area contributed by atoms with Crippen LogP contribution in [-0.4, -0.2) is 23.7 Å². The quantitative estimate of drug-likeness (QED) is 0.690. The lowest BCUT2D eigenvalue weighted by Gasteiger charge is -2.11. The molecule has 116 valence electrons. The zero-order valence-electron chi connectivity index (χ0n) is 11.8. The Morgan fingerprint density at radius 2 is 1.87 bits per heavy atom. The minimum Gasteiger partial charge on any atom is -0.298 e. The topological polar surface area (TPSA) is 69.0 Å². The van der Waals surface area contributed by atoms with Crippen LogP contribution < -0.4 is 0 Å². The molecule has 0 amide bonds. The molecule has 2 aromatic heterocycles. The summed E-state index contributed by atoms with van der Waals surface area (Å²) in [5, 5.41) is 0. The summed E-state index contributed by atoms with van der Waals surface area (Å²) in [6, 6.07) is 10.0. The first-order valence-electron chi connectivity index (χ1n) is 6.62. The van der Waals surface area contributed by atoms with Gasteiger partial charge in [0.05, 0.1) is 5.69 Å². The number of benzene rings is 1. The van der Waals surface area contributed by atoms with Crippen LogP contribution in [0.25, 0.3) is 11.3 Å². The molecule has 0 aliphatic carbocycles. The Hall–Kier alpha value is -2.80. The van der Waals surface area contributed by atoms with Crippen molar-refractivity contribution in [3.8, 4) is 11.3 Å². The maximum Gasteiger partial charge on any atom is 0.269 e. The van der Waals surface area contributed by atoms with Crippen LogP contribution in [0.2, 0.25) is 0 Å². The molecule has 0 spiro atoms. The molecule has 0 N–H and O–H groups in total. The highest BCUT2D eigenvalue weighted by atomic mass is 32.2. The zero-order chi connectivity index (χ0) is 16.4. The molecule has 0 fully saturated rings. The van der Waals surface area contributed by atoms with Crippen molar-refractivity contribution in [2.75, 3.05) is 0 Å². The minimum absolute atomic E-state index is 0.0203. The summed E-state index contributed by atoms with van der Waals surface area (Å²) >= 11 is 0. The molecule has 0 saturated carbocycles. The van der Waals surface area contributed by atoms with E-state index >= 15 is 0 Å². The Morgan fingerprint density at radius 3 is 2.57 bits per heavy atom. The molecule has 5 nitrogen and oxygen atoms in total. The van der Waals surface area contributed by atoms with Gasteiger partial charge < -0.3 is 0 Å². The monoisotopic (exact) mass is 330 g/mol. The number of rotatable bonds is 4. The van der Waals surface area contributed by atoms with Crippen LogP contribution in [0.15, 0.2) is 66.0 Å². The summed E-state index contributed by atoms with van der Waals surface area (Å²) in [6.45, 7) is 0. The van der Waals surface area contributed by atoms with Gasteiger partial charge >= 0.3 is 0 Å². The van der Waals surface area contributed by atoms with Crippen molar-refractivity contribution in [1.82, 2.24) is 8.96 Å². The van der Waals surface area contributed by atoms with Crippen molar-refractivity contribution in [2.45, 2.75) is 4.90 Å². The molecule has 0 bridgehead atoms. The Morgan fingerprint density at radius 1 is 1.09 bits per heavy atom. The Balaban J connectivity index is 2.21. The largest absolute Gasteiger partial charge is 0.298 e. The van der Waals surface area contributed by atoms with E-state index in [4.69, 9.17) is 0 Å². The Kier molecular flexibility index (Phi) is 3.79. The molecule has 0 atom stereocenters. The second kappa shape index (κ2) is 5.77. The molecular weight excluding hydrogens is 319 g/mol. The first-order chi connectivity index (χ1) is 11.0. The minimum atomic E-state index is -4.00. The van der Waals surface area contributed by atoms with E-state index in [-0.39, 0.29) is 21.7 Å². The van der Waals surface area contributed by atoms with Crippen LogP contribution in [0.5, 0.6) is 0 Å². The Labute approximate surface area is 132 Å². The summed E-state index contributed by atoms with van der Waals surface area (Å²) in [5.74, 6) is -0.566. The number of pyridine rings is 1. The van der Waals surface area contributed by atoms with Gasteiger partial charge in [0, 0.05) is 29.7 Å². The molecule has 1 aromatic carbocycles. The lowest BCUT2D eigenvalue weighted by Crippen LogP contribution is -2.13. The third-order valence-corrected chi connectivity index (χ3v) is 4.95. The van der Waals surface area contributed by atoms with Crippen LogP contribution in [-0.2, 0) is 10.0 Å². The first kappa shape index (κ1) is 15.1. The molecule has 0 saturated heterocycles. The van der Waals surface area contributed by atoms with Gasteiger partial charge in [0.2, 0.25) is 0 Å². The maximum atomic E-state index is 14.0. The van der Waals surface area contributed by atoms with E-state index in [0.717, 1.165) is 3.97 Å². The molecule has 2 heterocycles. The highest BCUT2D eigenvalue weighted by molar-refractivity contribution is 7.90. The van der Waals surface area contributed by atoms with Crippen LogP contribution >= 0.6 is 0 Å². The van der Waals surface area contributed by atoms with Crippen LogP contribution in [0, 0.1) is 5.82 Å². The molecular formula is C16H11FN2O3S. The van der Waals surface area contributed by atoms with Gasteiger partial charge in [0.15, 0.2) is 6.29 Å². The predicted octanol–water partition coefficient (Wildman–Crippen LogP) is 2.74. The standard InChI is InChI=1S/C16H11FN2O3S/c17-14-5-2-1-4-13(14)16-15(6-3-8-18-16)23(21,22)19-9-7-12(10-19)11-20/h1-11H. The molecule has 23 heavy (non-hydrogen) atoms. The number of carbonyl (C=O) groups is 1. The maximum absolute atomic E-state index is 14.0. The molecule has 0 aliphatic rings. The predicted molar refractivity (Wildman–Crippen MR) is 82.0 cm³/mol. The van der Waals surface area contributed by atoms with E-state index in [1.54, 1.807) is 6.07 Å². The summed E-state index contributed by atoms with van der Waals surface area (Å²) in [7, 11) is -4.00. The fraction of sp³-hybridized carbons (Fsp3) is 0. The normalized spacial score (nSPS) is 11.3. The highest BCUT2D eigenvalue weighted by Crippen LogP contribution is 2.28. The van der Waals surface area contributed by atoms with Gasteiger partial charge in [-0.2, -0.15) is 0 Å². The summed E-state index contributed by atoms with van der Waals surface area (Å²) < 4.78 is 40.4. The Bertz CT molecular complexity index is 980. The van der Waals surface area contributed by atoms with E-state index in [0.29, 0.717) is 6.29 Å². The fourth-order valence-electron chi connectivity index (χ4n) is 2.18. The van der Waals surface area contributed by atoms with Gasteiger partial charge in [-0.05, 0) is 30.3 Å². The van der Waals surface area contributed by atoms with Crippen molar-refractivity contribution in [3.05, 3.63) is 72.4 Å². The van der Waals surface area contributed by atoms with Crippen LogP contribution in [0.1, 0.15) is 10.4 Å². The van der Waals surface area contributed by atoms with Crippen molar-refractivity contribution < 1.29 is 17.6 Å². The van der Waals surface area contributed by atoms with E-state index in [2.05, 4.69) is 4.98 Å². The van der Waals surface area contributed by atoms with E-state index in [9.17, 15) is 17.6 Å². The van der Waals surface area contributed by atoms with Crippen molar-refractivity contribution in [3.63, 3.8) is 0 Å². The van der Waals surface area contributed by atoms with Crippen molar-refractivity contribution in [1.29, 1.82) is 0 Å². The van der Waals surface area contributed by atoms with Gasteiger partial charge in [-0.1, -0.05) is 12.1 Å². The van der Waals surface area contributed by atoms with E-state index in [1.165, 1.54) is 55.0 Å². The van der Waals surface area contributed by atoms with Gasteiger partial charge in [0.1, 0.15) is 10.7 Å². The van der Waals surface area contributed by atoms with Crippen LogP contribution in [0.3, 0.4) is 0 Å². The second-order valence-electron chi connectivity index (χ2n) is 4.73. The number of carbonyl (C=O) groups excluding carboxylic acids is 1. The average Bonchev–Trinajstić information content (AvgIpc) is 3.05. The van der Waals surface area contributed by atoms with E-state index in [1.807, 2.05) is 0 Å². The molecule has 3 aromatic rings. The lowest BCUT2D eigenvalue weighted by atomic mass is 10.1. The lowest BCUT2D eigenvalue weighted by molar-refractivity contribution is 0.112. The summed E-state index contributed by atoms with van der Waals surface area (Å²) in [4.78, 5) is 14.6. The van der Waals surface area contributed by atoms with Gasteiger partial charge in [-0.25, -0.2) is 16.8 Å². The molecule has 0 unspecified atom stereocenters. The third-order valence-electron chi connectivity index (χ3n) is 3.28. The summed E-state index contributed by atoms with van der Waals surface area (Å²) in [6.07, 6.45) is 4.40. The smallest absolute Gasteiger partial charge is 0.269 e. The average molecular weight is 330 g/mol. The third kappa shape index (κ3) is 2.66. The summed E-state index contributed by atoms with van der Waals surface area (Å²) in [5.41, 5.74) is 0.339. The number of halogens is 1. The number of nitrogens with zero attached hydrogens (tertiary/aromatic N) is 2. The fourth-order valence-corrected chi connectivity index (χ4v) is 3.55. The zero-order valence-corrected chi connectivity index (χ0v) is 12.6. The number of hydrogen-bond donors (Lipinski definition) is 0. The van der Waals surface area contributed by atoms with Gasteiger partial charge in [0.25, 0.3) is 10.0 Å². The second-order valence-corrected chi connectivity index (χ2v) is 6.54. The number of hydrogen-bond acceptors (Lipinski definition) is 4. The number of aldehydes is 1. The van der Waals surface area contributed by atoms with Gasteiger partial charge in [-0.15, -0.1) is 0 Å². The molecule has 7 heteroatoms. The van der Waals surface area contributed by atoms with Crippen molar-refractivity contribution >= 4 is 16.3 Å². The first-order valence-corrected chi connectivity index (χ1v) is 8.07. The molecule has 0 radical (unpaired) electrons. The SMILES string of the molecule is O=Cc1ccn(S(=O)(=O)c2cccnc2-c2ccccc2F)c1. The highest BCUT2D eigenvalue weighted by Gasteiger charge is 2.23. The molecule has 3 rings (SSSR count).